The van der Waals surface area contributed by atoms with Gasteiger partial charge in [-0.15, -0.1) is 12.4 Å². The molecule has 0 aromatic heterocycles. The van der Waals surface area contributed by atoms with E-state index in [1.165, 1.54) is 77.0 Å². The quantitative estimate of drug-likeness (QED) is 0.248. The van der Waals surface area contributed by atoms with Gasteiger partial charge in [0.05, 0.1) is 0 Å². The molecular weight excluding hydrogens is 353 g/mol. The van der Waals surface area contributed by atoms with Gasteiger partial charge in [-0.25, -0.2) is 0 Å². The molecule has 4 heteroatoms. The van der Waals surface area contributed by atoms with Crippen LogP contribution in [0.5, 0.6) is 0 Å². The predicted molar refractivity (Wildman–Crippen MR) is 113 cm³/mol. The normalized spacial score (nSPS) is 10.3. The van der Waals surface area contributed by atoms with Crippen LogP contribution in [0.4, 0.5) is 5.69 Å². The van der Waals surface area contributed by atoms with E-state index in [2.05, 4.69) is 12.2 Å². The smallest absolute Gasteiger partial charge is 0.252 e. The summed E-state index contributed by atoms with van der Waals surface area (Å²) < 4.78 is 0. The van der Waals surface area contributed by atoms with E-state index in [0.717, 1.165) is 12.2 Å². The second-order valence-electron chi connectivity index (χ2n) is 6.67. The number of hydrogen-bond donors (Lipinski definition) is 1. The van der Waals surface area contributed by atoms with Crippen molar-refractivity contribution in [3.63, 3.8) is 0 Å². The van der Waals surface area contributed by atoms with Gasteiger partial charge >= 0.3 is 0 Å². The van der Waals surface area contributed by atoms with Gasteiger partial charge in [0.2, 0.25) is 0 Å². The Balaban J connectivity index is 0.00000576. The molecule has 0 spiro atoms. The van der Waals surface area contributed by atoms with Crippen molar-refractivity contribution in [2.75, 3.05) is 11.9 Å². The molecule has 0 bridgehead atoms. The number of benzene rings is 1. The minimum absolute atomic E-state index is 0. The molecule has 0 aliphatic heterocycles. The molecule has 0 aliphatic rings. The average Bonchev–Trinajstić information content (AvgIpc) is 2.59. The van der Waals surface area contributed by atoms with Crippen molar-refractivity contribution < 1.29 is 4.79 Å². The van der Waals surface area contributed by atoms with Gasteiger partial charge < -0.3 is 5.32 Å². The zero-order chi connectivity index (χ0) is 17.5. The fourth-order valence-corrected chi connectivity index (χ4v) is 3.04. The molecule has 1 aromatic rings. The zero-order valence-corrected chi connectivity index (χ0v) is 17.3. The number of anilines is 1. The summed E-state index contributed by atoms with van der Waals surface area (Å²) in [6.45, 7) is 3.26. The Kier molecular flexibility index (Phi) is 16.2. The summed E-state index contributed by atoms with van der Waals surface area (Å²) in [7, 11) is 0. The molecule has 2 nitrogen and oxygen atoms in total. The maximum Gasteiger partial charge on any atom is 0.252 e. The highest BCUT2D eigenvalue weighted by Crippen LogP contribution is 2.13. The zero-order valence-electron chi connectivity index (χ0n) is 15.7. The van der Waals surface area contributed by atoms with Crippen LogP contribution in [-0.2, 0) is 0 Å². The van der Waals surface area contributed by atoms with E-state index < -0.39 is 5.24 Å². The van der Waals surface area contributed by atoms with Crippen molar-refractivity contribution in [1.82, 2.24) is 0 Å². The third-order valence-electron chi connectivity index (χ3n) is 4.47. The molecule has 0 heterocycles. The van der Waals surface area contributed by atoms with E-state index >= 15 is 0 Å². The van der Waals surface area contributed by atoms with Gasteiger partial charge in [-0.1, -0.05) is 77.6 Å². The standard InChI is InChI=1S/C21H34ClNO.ClH/c1-2-3-4-5-6-7-8-9-10-11-12-13-18-23-20-16-14-19(15-17-20)21(22)24;/h14-17,23H,2-13,18H2,1H3;1H. The maximum atomic E-state index is 11.0. The van der Waals surface area contributed by atoms with Crippen molar-refractivity contribution in [1.29, 1.82) is 0 Å². The minimum Gasteiger partial charge on any atom is -0.385 e. The molecule has 0 radical (unpaired) electrons. The van der Waals surface area contributed by atoms with Gasteiger partial charge in [-0.3, -0.25) is 4.79 Å². The lowest BCUT2D eigenvalue weighted by Crippen LogP contribution is -2.01. The number of rotatable bonds is 15. The lowest BCUT2D eigenvalue weighted by molar-refractivity contribution is 0.108. The first kappa shape index (κ1) is 24.3. The minimum atomic E-state index is -0.400. The summed E-state index contributed by atoms with van der Waals surface area (Å²) in [5.41, 5.74) is 1.60. The van der Waals surface area contributed by atoms with Gasteiger partial charge in [-0.05, 0) is 42.3 Å². The SMILES string of the molecule is CCCCCCCCCCCCCCNc1ccc(C(=O)Cl)cc1.Cl. The highest BCUT2D eigenvalue weighted by Gasteiger charge is 2.00. The maximum absolute atomic E-state index is 11.0. The summed E-state index contributed by atoms with van der Waals surface area (Å²) in [6, 6.07) is 7.35. The highest BCUT2D eigenvalue weighted by atomic mass is 35.5. The fourth-order valence-electron chi connectivity index (χ4n) is 2.92. The summed E-state index contributed by atoms with van der Waals surface area (Å²) in [5, 5.41) is 2.99. The van der Waals surface area contributed by atoms with Crippen LogP contribution in [0.2, 0.25) is 0 Å². The highest BCUT2D eigenvalue weighted by molar-refractivity contribution is 6.67. The van der Waals surface area contributed by atoms with E-state index in [4.69, 9.17) is 11.6 Å². The first-order valence-corrected chi connectivity index (χ1v) is 10.2. The largest absolute Gasteiger partial charge is 0.385 e. The second kappa shape index (κ2) is 16.7. The van der Waals surface area contributed by atoms with Crippen LogP contribution in [0, 0.1) is 0 Å². The second-order valence-corrected chi connectivity index (χ2v) is 7.01. The number of unbranched alkanes of at least 4 members (excludes halogenated alkanes) is 11. The van der Waals surface area contributed by atoms with Crippen molar-refractivity contribution in [2.45, 2.75) is 84.0 Å². The Hall–Kier alpha value is -0.730. The fraction of sp³-hybridized carbons (Fsp3) is 0.667. The molecule has 25 heavy (non-hydrogen) atoms. The molecule has 0 aliphatic carbocycles. The molecule has 0 saturated heterocycles. The monoisotopic (exact) mass is 387 g/mol. The topological polar surface area (TPSA) is 29.1 Å². The van der Waals surface area contributed by atoms with Crippen LogP contribution in [0.1, 0.15) is 94.3 Å². The molecule has 144 valence electrons. The van der Waals surface area contributed by atoms with Gasteiger partial charge in [0.15, 0.2) is 0 Å². The molecule has 0 amide bonds. The lowest BCUT2D eigenvalue weighted by atomic mass is 10.1. The first-order valence-electron chi connectivity index (χ1n) is 9.78. The van der Waals surface area contributed by atoms with Crippen molar-refractivity contribution >= 4 is 34.9 Å². The van der Waals surface area contributed by atoms with E-state index in [0.29, 0.717) is 5.56 Å². The number of halogens is 2. The molecule has 0 unspecified atom stereocenters. The molecule has 0 fully saturated rings. The van der Waals surface area contributed by atoms with Crippen LogP contribution in [0.15, 0.2) is 24.3 Å². The van der Waals surface area contributed by atoms with Crippen molar-refractivity contribution in [2.24, 2.45) is 0 Å². The Morgan fingerprint density at radius 2 is 1.24 bits per heavy atom. The van der Waals surface area contributed by atoms with Crippen LogP contribution in [0.25, 0.3) is 0 Å². The first-order chi connectivity index (χ1) is 11.7. The molecule has 1 rings (SSSR count). The van der Waals surface area contributed by atoms with Crippen LogP contribution >= 0.6 is 24.0 Å². The van der Waals surface area contributed by atoms with E-state index in [1.807, 2.05) is 12.1 Å². The Labute approximate surface area is 165 Å². The number of nitrogens with one attached hydrogen (secondary N) is 1. The molecule has 1 aromatic carbocycles. The third-order valence-corrected chi connectivity index (χ3v) is 4.69. The molecule has 0 saturated carbocycles. The number of carbonyl (C=O) groups is 1. The Bertz CT molecular complexity index is 434. The van der Waals surface area contributed by atoms with Crippen molar-refractivity contribution in [3.05, 3.63) is 29.8 Å². The molecular formula is C21H35Cl2NO. The average molecular weight is 388 g/mol. The van der Waals surface area contributed by atoms with Crippen LogP contribution in [-0.4, -0.2) is 11.8 Å². The number of hydrogen-bond acceptors (Lipinski definition) is 2. The van der Waals surface area contributed by atoms with Gasteiger partial charge in [0, 0.05) is 17.8 Å². The van der Waals surface area contributed by atoms with Crippen LogP contribution < -0.4 is 5.32 Å². The van der Waals surface area contributed by atoms with E-state index in [9.17, 15) is 4.79 Å². The van der Waals surface area contributed by atoms with Crippen molar-refractivity contribution in [3.8, 4) is 0 Å². The van der Waals surface area contributed by atoms with Gasteiger partial charge in [0.1, 0.15) is 0 Å². The molecule has 1 N–H and O–H groups in total. The summed E-state index contributed by atoms with van der Waals surface area (Å²) in [6.07, 6.45) is 16.5. The van der Waals surface area contributed by atoms with Crippen LogP contribution in [0.3, 0.4) is 0 Å². The molecule has 0 atom stereocenters. The third kappa shape index (κ3) is 13.2. The Morgan fingerprint density at radius 3 is 1.68 bits per heavy atom. The predicted octanol–water partition coefficient (Wildman–Crippen LogP) is 7.60. The lowest BCUT2D eigenvalue weighted by Gasteiger charge is -2.07. The van der Waals surface area contributed by atoms with E-state index in [1.54, 1.807) is 12.1 Å². The summed E-state index contributed by atoms with van der Waals surface area (Å²) in [5.74, 6) is 0. The summed E-state index contributed by atoms with van der Waals surface area (Å²) >= 11 is 5.43. The van der Waals surface area contributed by atoms with E-state index in [-0.39, 0.29) is 12.4 Å². The van der Waals surface area contributed by atoms with Gasteiger partial charge in [0.25, 0.3) is 5.24 Å². The van der Waals surface area contributed by atoms with Gasteiger partial charge in [-0.2, -0.15) is 0 Å². The Morgan fingerprint density at radius 1 is 0.800 bits per heavy atom. The number of carbonyl (C=O) groups excluding carboxylic acids is 1. The summed E-state index contributed by atoms with van der Waals surface area (Å²) in [4.78, 5) is 11.0.